The summed E-state index contributed by atoms with van der Waals surface area (Å²) in [5.74, 6) is 1.28. The van der Waals surface area contributed by atoms with Crippen molar-refractivity contribution in [3.8, 4) is 22.8 Å². The molecule has 0 fully saturated rings. The van der Waals surface area contributed by atoms with Crippen LogP contribution >= 0.6 is 0 Å². The zero-order valence-corrected chi connectivity index (χ0v) is 17.8. The van der Waals surface area contributed by atoms with Gasteiger partial charge >= 0.3 is 0 Å². The summed E-state index contributed by atoms with van der Waals surface area (Å²) in [6, 6.07) is 15.0. The van der Waals surface area contributed by atoms with Gasteiger partial charge in [0.1, 0.15) is 11.5 Å². The van der Waals surface area contributed by atoms with E-state index >= 15 is 0 Å². The van der Waals surface area contributed by atoms with E-state index < -0.39 is 0 Å². The molecule has 2 heterocycles. The van der Waals surface area contributed by atoms with Crippen LogP contribution in [-0.2, 0) is 6.54 Å². The van der Waals surface area contributed by atoms with Crippen molar-refractivity contribution in [1.82, 2.24) is 25.1 Å². The average Bonchev–Trinajstić information content (AvgIpc) is 3.21. The van der Waals surface area contributed by atoms with E-state index in [0.29, 0.717) is 28.5 Å². The highest BCUT2D eigenvalue weighted by atomic mass is 16.5. The van der Waals surface area contributed by atoms with Gasteiger partial charge < -0.3 is 14.8 Å². The van der Waals surface area contributed by atoms with Crippen LogP contribution in [0.2, 0.25) is 0 Å². The van der Waals surface area contributed by atoms with E-state index in [0.717, 1.165) is 11.3 Å². The number of carbonyl (C=O) groups excluding carboxylic acids is 1. The normalized spacial score (nSPS) is 10.8. The number of methoxy groups -OCH3 is 2. The summed E-state index contributed by atoms with van der Waals surface area (Å²) in [7, 11) is 3.07. The van der Waals surface area contributed by atoms with Crippen molar-refractivity contribution in [3.05, 3.63) is 71.0 Å². The minimum atomic E-state index is -0.290. The van der Waals surface area contributed by atoms with Crippen LogP contribution < -0.4 is 14.8 Å². The number of ether oxygens (including phenoxy) is 2. The van der Waals surface area contributed by atoms with Crippen LogP contribution in [0.15, 0.2) is 48.5 Å². The Labute approximate surface area is 179 Å². The molecule has 0 spiro atoms. The minimum absolute atomic E-state index is 0.165. The molecule has 0 aliphatic heterocycles. The molecule has 2 aromatic carbocycles. The number of aromatic nitrogens is 4. The third-order valence-electron chi connectivity index (χ3n) is 5.19. The first-order valence-electron chi connectivity index (χ1n) is 9.79. The van der Waals surface area contributed by atoms with Gasteiger partial charge in [0.25, 0.3) is 5.91 Å². The maximum absolute atomic E-state index is 12.7. The van der Waals surface area contributed by atoms with E-state index in [4.69, 9.17) is 9.47 Å². The van der Waals surface area contributed by atoms with Crippen molar-refractivity contribution in [2.45, 2.75) is 20.4 Å². The number of hydrogen-bond acceptors (Lipinski definition) is 6. The van der Waals surface area contributed by atoms with Gasteiger partial charge in [-0.2, -0.15) is 9.61 Å². The smallest absolute Gasteiger partial charge is 0.255 e. The highest BCUT2D eigenvalue weighted by Gasteiger charge is 2.15. The van der Waals surface area contributed by atoms with E-state index in [2.05, 4.69) is 46.6 Å². The van der Waals surface area contributed by atoms with Crippen LogP contribution in [0.4, 0.5) is 0 Å². The van der Waals surface area contributed by atoms with Crippen LogP contribution in [0.5, 0.6) is 11.5 Å². The second-order valence-electron chi connectivity index (χ2n) is 7.15. The number of nitrogens with zero attached hydrogens (tertiary/aromatic N) is 4. The summed E-state index contributed by atoms with van der Waals surface area (Å²) in [4.78, 5) is 12.7. The number of hydrogen-bond donors (Lipinski definition) is 1. The monoisotopic (exact) mass is 417 g/mol. The third-order valence-corrected chi connectivity index (χ3v) is 5.19. The van der Waals surface area contributed by atoms with Gasteiger partial charge in [-0.1, -0.05) is 12.1 Å². The minimum Gasteiger partial charge on any atom is -0.497 e. The first-order valence-corrected chi connectivity index (χ1v) is 9.79. The van der Waals surface area contributed by atoms with Gasteiger partial charge in [0.05, 0.1) is 32.0 Å². The molecular weight excluding hydrogens is 394 g/mol. The lowest BCUT2D eigenvalue weighted by molar-refractivity contribution is 0.0946. The number of aryl methyl sites for hydroxylation is 2. The number of nitrogens with one attached hydrogen (secondary N) is 1. The molecule has 4 aromatic rings. The Bertz CT molecular complexity index is 1270. The Kier molecular flexibility index (Phi) is 5.53. The Morgan fingerprint density at radius 3 is 2.55 bits per heavy atom. The number of rotatable bonds is 6. The molecule has 0 saturated carbocycles. The average molecular weight is 417 g/mol. The number of fused-ring (bicyclic) bond motifs is 1. The van der Waals surface area contributed by atoms with Crippen LogP contribution in [-0.4, -0.2) is 39.9 Å². The van der Waals surface area contributed by atoms with Gasteiger partial charge in [-0.25, -0.2) is 0 Å². The predicted octanol–water partition coefficient (Wildman–Crippen LogP) is 3.36. The van der Waals surface area contributed by atoms with E-state index in [1.54, 1.807) is 29.8 Å². The fraction of sp³-hybridized carbons (Fsp3) is 0.217. The van der Waals surface area contributed by atoms with E-state index in [1.807, 2.05) is 18.2 Å². The molecule has 8 heteroatoms. The Hall–Kier alpha value is -3.94. The maximum Gasteiger partial charge on any atom is 0.255 e. The fourth-order valence-electron chi connectivity index (χ4n) is 3.24. The molecule has 0 atom stereocenters. The first-order chi connectivity index (χ1) is 15.0. The number of carbonyl (C=O) groups is 1. The van der Waals surface area contributed by atoms with Crippen LogP contribution in [0.25, 0.3) is 16.9 Å². The number of amides is 1. The highest BCUT2D eigenvalue weighted by molar-refractivity contribution is 5.97. The lowest BCUT2D eigenvalue weighted by Gasteiger charge is -2.10. The molecule has 0 unspecified atom stereocenters. The number of benzene rings is 2. The van der Waals surface area contributed by atoms with Gasteiger partial charge in [0.15, 0.2) is 11.5 Å². The molecular formula is C23H23N5O3. The molecule has 1 N–H and O–H groups in total. The molecule has 0 saturated heterocycles. The fourth-order valence-corrected chi connectivity index (χ4v) is 3.24. The van der Waals surface area contributed by atoms with Crippen LogP contribution in [0, 0.1) is 13.8 Å². The molecule has 158 valence electrons. The van der Waals surface area contributed by atoms with E-state index in [9.17, 15) is 4.79 Å². The Morgan fingerprint density at radius 2 is 1.81 bits per heavy atom. The molecule has 0 aliphatic rings. The molecule has 0 aliphatic carbocycles. The molecule has 8 nitrogen and oxygen atoms in total. The van der Waals surface area contributed by atoms with Crippen molar-refractivity contribution < 1.29 is 14.3 Å². The van der Waals surface area contributed by atoms with Gasteiger partial charge in [0.2, 0.25) is 0 Å². The van der Waals surface area contributed by atoms with Crippen molar-refractivity contribution in [2.75, 3.05) is 14.2 Å². The largest absolute Gasteiger partial charge is 0.497 e. The van der Waals surface area contributed by atoms with Gasteiger partial charge in [-0.3, -0.25) is 4.79 Å². The summed E-state index contributed by atoms with van der Waals surface area (Å²) in [5.41, 5.74) is 5.26. The van der Waals surface area contributed by atoms with Crippen LogP contribution in [0.1, 0.15) is 27.3 Å². The van der Waals surface area contributed by atoms with Crippen molar-refractivity contribution in [2.24, 2.45) is 0 Å². The van der Waals surface area contributed by atoms with Gasteiger partial charge in [-0.05, 0) is 55.3 Å². The summed E-state index contributed by atoms with van der Waals surface area (Å²) >= 11 is 0. The molecule has 2 aromatic heterocycles. The lowest BCUT2D eigenvalue weighted by Crippen LogP contribution is -2.24. The molecule has 1 amide bonds. The molecule has 31 heavy (non-hydrogen) atoms. The second-order valence-corrected chi connectivity index (χ2v) is 7.15. The first kappa shape index (κ1) is 20.3. The van der Waals surface area contributed by atoms with E-state index in [1.165, 1.54) is 18.2 Å². The lowest BCUT2D eigenvalue weighted by atomic mass is 10.0. The van der Waals surface area contributed by atoms with Gasteiger partial charge in [-0.15, -0.1) is 10.2 Å². The molecule has 4 rings (SSSR count). The van der Waals surface area contributed by atoms with Crippen LogP contribution in [0.3, 0.4) is 0 Å². The zero-order chi connectivity index (χ0) is 22.0. The van der Waals surface area contributed by atoms with Gasteiger partial charge in [0, 0.05) is 11.6 Å². The topological polar surface area (TPSA) is 90.6 Å². The highest BCUT2D eigenvalue weighted by Crippen LogP contribution is 2.24. The Morgan fingerprint density at radius 1 is 0.968 bits per heavy atom. The molecule has 0 radical (unpaired) electrons. The van der Waals surface area contributed by atoms with Crippen molar-refractivity contribution in [1.29, 1.82) is 0 Å². The summed E-state index contributed by atoms with van der Waals surface area (Å²) in [6.07, 6.45) is 0. The summed E-state index contributed by atoms with van der Waals surface area (Å²) in [5, 5.41) is 15.9. The SMILES string of the molecule is COc1ccc(C(=O)NCc2nnc3ccc(-c4ccc(C)c(C)c4)nn23)c(OC)c1. The maximum atomic E-state index is 12.7. The summed E-state index contributed by atoms with van der Waals surface area (Å²) in [6.45, 7) is 4.32. The third kappa shape index (κ3) is 4.05. The predicted molar refractivity (Wildman–Crippen MR) is 116 cm³/mol. The standard InChI is InChI=1S/C23H23N5O3/c1-14-5-6-16(11-15(14)2)19-9-10-21-25-26-22(28(21)27-19)13-24-23(29)18-8-7-17(30-3)12-20(18)31-4/h5-12H,13H2,1-4H3,(H,24,29). The van der Waals surface area contributed by atoms with Crippen molar-refractivity contribution in [3.63, 3.8) is 0 Å². The second kappa shape index (κ2) is 8.43. The Balaban J connectivity index is 1.58. The van der Waals surface area contributed by atoms with E-state index in [-0.39, 0.29) is 12.5 Å². The summed E-state index contributed by atoms with van der Waals surface area (Å²) < 4.78 is 12.1. The van der Waals surface area contributed by atoms with Crippen molar-refractivity contribution >= 4 is 11.6 Å². The molecule has 0 bridgehead atoms. The zero-order valence-electron chi connectivity index (χ0n) is 17.8. The quantitative estimate of drug-likeness (QED) is 0.517.